The molecule has 0 aliphatic rings. The van der Waals surface area contributed by atoms with Crippen molar-refractivity contribution in [2.45, 2.75) is 19.3 Å². The fourth-order valence-electron chi connectivity index (χ4n) is 1.82. The van der Waals surface area contributed by atoms with E-state index in [0.717, 1.165) is 30.8 Å². The number of thiocarbonyl (C=S) groups is 1. The minimum Gasteiger partial charge on any atom is -0.457 e. The highest BCUT2D eigenvalue weighted by Crippen LogP contribution is 2.21. The van der Waals surface area contributed by atoms with Gasteiger partial charge < -0.3 is 10.5 Å². The lowest BCUT2D eigenvalue weighted by Crippen LogP contribution is -2.07. The van der Waals surface area contributed by atoms with Gasteiger partial charge in [0, 0.05) is 0 Å². The highest BCUT2D eigenvalue weighted by molar-refractivity contribution is 7.80. The molecule has 0 aliphatic heterocycles. The van der Waals surface area contributed by atoms with Crippen molar-refractivity contribution in [2.24, 2.45) is 5.73 Å². The molecule has 0 bridgehead atoms. The van der Waals surface area contributed by atoms with Gasteiger partial charge in [-0.1, -0.05) is 42.5 Å². The Morgan fingerprint density at radius 2 is 1.58 bits per heavy atom. The molecule has 98 valence electrons. The van der Waals surface area contributed by atoms with Gasteiger partial charge in [-0.3, -0.25) is 0 Å². The van der Waals surface area contributed by atoms with Crippen LogP contribution in [0.4, 0.5) is 0 Å². The van der Waals surface area contributed by atoms with Crippen LogP contribution in [0.2, 0.25) is 0 Å². The molecule has 19 heavy (non-hydrogen) atoms. The van der Waals surface area contributed by atoms with Crippen molar-refractivity contribution < 1.29 is 4.74 Å². The maximum absolute atomic E-state index is 5.74. The van der Waals surface area contributed by atoms with Crippen LogP contribution in [-0.4, -0.2) is 4.99 Å². The van der Waals surface area contributed by atoms with Gasteiger partial charge in [-0.2, -0.15) is 0 Å². The molecule has 2 aromatic carbocycles. The lowest BCUT2D eigenvalue weighted by atomic mass is 10.1. The van der Waals surface area contributed by atoms with E-state index in [9.17, 15) is 0 Å². The minimum atomic E-state index is 0.587. The summed E-state index contributed by atoms with van der Waals surface area (Å²) in [5.74, 6) is 1.70. The Labute approximate surface area is 119 Å². The molecule has 0 amide bonds. The molecule has 2 nitrogen and oxygen atoms in total. The fraction of sp³-hybridized carbons (Fsp3) is 0.188. The lowest BCUT2D eigenvalue weighted by Gasteiger charge is -2.06. The Hall–Kier alpha value is -1.87. The number of ether oxygens (including phenoxy) is 1. The highest BCUT2D eigenvalue weighted by Gasteiger charge is 1.98. The Morgan fingerprint density at radius 3 is 2.21 bits per heavy atom. The smallest absolute Gasteiger partial charge is 0.127 e. The summed E-state index contributed by atoms with van der Waals surface area (Å²) in [5.41, 5.74) is 6.75. The molecule has 0 aromatic heterocycles. The third kappa shape index (κ3) is 4.72. The van der Waals surface area contributed by atoms with E-state index in [0.29, 0.717) is 4.99 Å². The molecule has 3 heteroatoms. The number of benzene rings is 2. The van der Waals surface area contributed by atoms with E-state index in [1.807, 2.05) is 42.5 Å². The van der Waals surface area contributed by atoms with E-state index in [4.69, 9.17) is 22.7 Å². The standard InChI is InChI=1S/C16H17NOS/c17-16(19)8-4-5-13-9-11-15(12-10-13)18-14-6-2-1-3-7-14/h1-3,6-7,9-12H,4-5,8H2,(H2,17,19). The maximum Gasteiger partial charge on any atom is 0.127 e. The Balaban J connectivity index is 1.89. The largest absolute Gasteiger partial charge is 0.457 e. The van der Waals surface area contributed by atoms with Gasteiger partial charge in [-0.15, -0.1) is 0 Å². The van der Waals surface area contributed by atoms with Crippen molar-refractivity contribution in [3.8, 4) is 11.5 Å². The Morgan fingerprint density at radius 1 is 0.947 bits per heavy atom. The third-order valence-corrected chi connectivity index (χ3v) is 3.00. The van der Waals surface area contributed by atoms with Crippen molar-refractivity contribution in [1.82, 2.24) is 0 Å². The molecule has 0 saturated heterocycles. The van der Waals surface area contributed by atoms with Gasteiger partial charge in [0.2, 0.25) is 0 Å². The summed E-state index contributed by atoms with van der Waals surface area (Å²) < 4.78 is 5.74. The Kier molecular flexibility index (Phi) is 4.93. The summed E-state index contributed by atoms with van der Waals surface area (Å²) in [6.45, 7) is 0. The second kappa shape index (κ2) is 6.90. The van der Waals surface area contributed by atoms with Crippen LogP contribution in [0.15, 0.2) is 54.6 Å². The van der Waals surface area contributed by atoms with E-state index < -0.39 is 0 Å². The number of hydrogen-bond donors (Lipinski definition) is 1. The average molecular weight is 271 g/mol. The van der Waals surface area contributed by atoms with Crippen molar-refractivity contribution in [3.05, 3.63) is 60.2 Å². The molecule has 2 N–H and O–H groups in total. The van der Waals surface area contributed by atoms with Gasteiger partial charge in [0.15, 0.2) is 0 Å². The molecule has 0 radical (unpaired) electrons. The molecule has 0 fully saturated rings. The first-order valence-electron chi connectivity index (χ1n) is 6.34. The van der Waals surface area contributed by atoms with E-state index in [2.05, 4.69) is 12.1 Å². The maximum atomic E-state index is 5.74. The Bertz CT molecular complexity index is 522. The van der Waals surface area contributed by atoms with Crippen LogP contribution in [0, 0.1) is 0 Å². The summed E-state index contributed by atoms with van der Waals surface area (Å²) in [6, 6.07) is 17.9. The van der Waals surface area contributed by atoms with Crippen molar-refractivity contribution >= 4 is 17.2 Å². The van der Waals surface area contributed by atoms with Gasteiger partial charge in [-0.25, -0.2) is 0 Å². The summed E-state index contributed by atoms with van der Waals surface area (Å²) in [4.78, 5) is 0.587. The van der Waals surface area contributed by atoms with Crippen LogP contribution in [0.3, 0.4) is 0 Å². The zero-order valence-corrected chi connectivity index (χ0v) is 11.5. The number of para-hydroxylation sites is 1. The number of hydrogen-bond acceptors (Lipinski definition) is 2. The predicted octanol–water partition coefficient (Wildman–Crippen LogP) is 4.09. The zero-order chi connectivity index (χ0) is 13.5. The summed E-state index contributed by atoms with van der Waals surface area (Å²) in [6.07, 6.45) is 2.79. The average Bonchev–Trinajstić information content (AvgIpc) is 2.42. The van der Waals surface area contributed by atoms with E-state index in [1.165, 1.54) is 5.56 Å². The SMILES string of the molecule is NC(=S)CCCc1ccc(Oc2ccccc2)cc1. The molecular weight excluding hydrogens is 254 g/mol. The van der Waals surface area contributed by atoms with Crippen LogP contribution in [0.1, 0.15) is 18.4 Å². The van der Waals surface area contributed by atoms with Gasteiger partial charge >= 0.3 is 0 Å². The van der Waals surface area contributed by atoms with Gasteiger partial charge in [-0.05, 0) is 49.1 Å². The molecule has 0 atom stereocenters. The van der Waals surface area contributed by atoms with Crippen LogP contribution in [-0.2, 0) is 6.42 Å². The second-order valence-corrected chi connectivity index (χ2v) is 4.90. The highest BCUT2D eigenvalue weighted by atomic mass is 32.1. The monoisotopic (exact) mass is 271 g/mol. The molecular formula is C16H17NOS. The van der Waals surface area contributed by atoms with E-state index >= 15 is 0 Å². The van der Waals surface area contributed by atoms with Crippen LogP contribution in [0.5, 0.6) is 11.5 Å². The van der Waals surface area contributed by atoms with Gasteiger partial charge in [0.05, 0.1) is 4.99 Å². The molecule has 0 spiro atoms. The first-order chi connectivity index (χ1) is 9.24. The van der Waals surface area contributed by atoms with Crippen molar-refractivity contribution in [3.63, 3.8) is 0 Å². The van der Waals surface area contributed by atoms with Crippen molar-refractivity contribution in [2.75, 3.05) is 0 Å². The van der Waals surface area contributed by atoms with Gasteiger partial charge in [0.1, 0.15) is 11.5 Å². The number of rotatable bonds is 6. The summed E-state index contributed by atoms with van der Waals surface area (Å²) in [7, 11) is 0. The molecule has 0 heterocycles. The molecule has 0 unspecified atom stereocenters. The minimum absolute atomic E-state index is 0.587. The summed E-state index contributed by atoms with van der Waals surface area (Å²) in [5, 5.41) is 0. The van der Waals surface area contributed by atoms with Crippen molar-refractivity contribution in [1.29, 1.82) is 0 Å². The second-order valence-electron chi connectivity index (χ2n) is 4.38. The first-order valence-corrected chi connectivity index (χ1v) is 6.75. The van der Waals surface area contributed by atoms with Crippen LogP contribution >= 0.6 is 12.2 Å². The molecule has 0 aliphatic carbocycles. The quantitative estimate of drug-likeness (QED) is 0.804. The number of aryl methyl sites for hydroxylation is 1. The van der Waals surface area contributed by atoms with Crippen LogP contribution in [0.25, 0.3) is 0 Å². The molecule has 2 aromatic rings. The van der Waals surface area contributed by atoms with E-state index in [1.54, 1.807) is 0 Å². The lowest BCUT2D eigenvalue weighted by molar-refractivity contribution is 0.482. The summed E-state index contributed by atoms with van der Waals surface area (Å²) >= 11 is 4.86. The van der Waals surface area contributed by atoms with Gasteiger partial charge in [0.25, 0.3) is 0 Å². The normalized spacial score (nSPS) is 10.1. The fourth-order valence-corrected chi connectivity index (χ4v) is 1.96. The topological polar surface area (TPSA) is 35.2 Å². The number of nitrogens with two attached hydrogens (primary N) is 1. The zero-order valence-electron chi connectivity index (χ0n) is 10.7. The predicted molar refractivity (Wildman–Crippen MR) is 82.7 cm³/mol. The first kappa shape index (κ1) is 13.6. The van der Waals surface area contributed by atoms with Crippen LogP contribution < -0.4 is 10.5 Å². The third-order valence-electron chi connectivity index (χ3n) is 2.79. The molecule has 2 rings (SSSR count). The molecule has 0 saturated carbocycles. The van der Waals surface area contributed by atoms with E-state index in [-0.39, 0.29) is 0 Å².